The van der Waals surface area contributed by atoms with Crippen molar-refractivity contribution in [1.29, 1.82) is 0 Å². The zero-order valence-corrected chi connectivity index (χ0v) is 29.0. The van der Waals surface area contributed by atoms with E-state index in [1.165, 1.54) is 0 Å². The lowest BCUT2D eigenvalue weighted by molar-refractivity contribution is -0.0332. The number of aliphatic hydroxyl groups is 16. The molecule has 0 saturated carbocycles. The highest BCUT2D eigenvalue weighted by molar-refractivity contribution is 8.93. The molecular weight excluding hydrogens is 816 g/mol. The van der Waals surface area contributed by atoms with E-state index >= 15 is 0 Å². The van der Waals surface area contributed by atoms with Gasteiger partial charge in [0.25, 0.3) is 0 Å². The summed E-state index contributed by atoms with van der Waals surface area (Å²) >= 11 is 0. The lowest BCUT2D eigenvalue weighted by atomic mass is 9.93. The highest BCUT2D eigenvalue weighted by Crippen LogP contribution is 2.13. The lowest BCUT2D eigenvalue weighted by Crippen LogP contribution is -2.37. The monoisotopic (exact) mass is 864 g/mol. The van der Waals surface area contributed by atoms with Gasteiger partial charge in [0.1, 0.15) is 0 Å². The minimum Gasteiger partial charge on any atom is -0.396 e. The Kier molecular flexibility index (Phi) is 55.1. The normalized spacial score (nSPS) is 10.8. The summed E-state index contributed by atoms with van der Waals surface area (Å²) in [6.07, 6.45) is 0. The molecule has 0 aromatic heterocycles. The molecule has 0 aliphatic rings. The van der Waals surface area contributed by atoms with Gasteiger partial charge in [0.15, 0.2) is 0 Å². The van der Waals surface area contributed by atoms with Gasteiger partial charge in [-0.2, -0.15) is 0 Å². The quantitative estimate of drug-likeness (QED) is 0.0687. The Balaban J connectivity index is -0.0000000551. The first-order chi connectivity index (χ1) is 17.0. The predicted molar refractivity (Wildman–Crippen MR) is 164 cm³/mol. The molecule has 0 saturated heterocycles. The molecule has 0 rings (SSSR count). The first-order valence-electron chi connectivity index (χ1n) is 10.7. The van der Waals surface area contributed by atoms with Gasteiger partial charge >= 0.3 is 0 Å². The van der Waals surface area contributed by atoms with Crippen LogP contribution < -0.4 is 0 Å². The van der Waals surface area contributed by atoms with Gasteiger partial charge in [0.05, 0.1) is 127 Å². The van der Waals surface area contributed by atoms with E-state index in [9.17, 15) is 0 Å². The van der Waals surface area contributed by atoms with E-state index in [0.717, 1.165) is 0 Å². The Bertz CT molecular complexity index is 306. The SMILES string of the molecule is Br.Br.Br.Br.OCC(CO)(CO)CO.OCC(CO)(CO)CO.OCC(CO)(CO)CO.OCC(CO)(CO)CO. The summed E-state index contributed by atoms with van der Waals surface area (Å²) in [6, 6.07) is 0. The first kappa shape index (κ1) is 60.5. The fraction of sp³-hybridized carbons (Fsp3) is 1.00. The van der Waals surface area contributed by atoms with E-state index in [4.69, 9.17) is 81.7 Å². The second-order valence-corrected chi connectivity index (χ2v) is 8.53. The van der Waals surface area contributed by atoms with Crippen molar-refractivity contribution >= 4 is 67.9 Å². The zero-order chi connectivity index (χ0) is 29.3. The van der Waals surface area contributed by atoms with Crippen LogP contribution in [0.1, 0.15) is 0 Å². The van der Waals surface area contributed by atoms with E-state index in [2.05, 4.69) is 0 Å². The van der Waals surface area contributed by atoms with Crippen molar-refractivity contribution in [2.24, 2.45) is 21.7 Å². The predicted octanol–water partition coefficient (Wildman–Crippen LogP) is -5.92. The third kappa shape index (κ3) is 23.7. The fourth-order valence-electron chi connectivity index (χ4n) is 1.20. The Morgan fingerprint density at radius 3 is 0.225 bits per heavy atom. The van der Waals surface area contributed by atoms with Gasteiger partial charge in [-0.25, -0.2) is 0 Å². The van der Waals surface area contributed by atoms with E-state index in [-0.39, 0.29) is 67.9 Å². The minimum absolute atomic E-state index is 0. The highest BCUT2D eigenvalue weighted by Gasteiger charge is 2.28. The van der Waals surface area contributed by atoms with Crippen molar-refractivity contribution < 1.29 is 81.7 Å². The molecule has 0 aromatic rings. The summed E-state index contributed by atoms with van der Waals surface area (Å²) in [5.41, 5.74) is -4.44. The Labute approximate surface area is 275 Å². The molecule has 0 spiro atoms. The van der Waals surface area contributed by atoms with E-state index in [1.807, 2.05) is 0 Å². The van der Waals surface area contributed by atoms with Crippen LogP contribution in [0.3, 0.4) is 0 Å². The zero-order valence-electron chi connectivity index (χ0n) is 22.1. The molecule has 0 unspecified atom stereocenters. The molecule has 0 radical (unpaired) electrons. The molecule has 0 heterocycles. The van der Waals surface area contributed by atoms with Crippen LogP contribution in [0, 0.1) is 21.7 Å². The molecule has 16 nitrogen and oxygen atoms in total. The summed E-state index contributed by atoms with van der Waals surface area (Å²) in [5, 5.41) is 136. The number of halogens is 4. The van der Waals surface area contributed by atoms with Gasteiger partial charge in [-0.05, 0) is 0 Å². The smallest absolute Gasteiger partial charge is 0.0627 e. The number of rotatable bonds is 16. The third-order valence-corrected chi connectivity index (χ3v) is 5.37. The van der Waals surface area contributed by atoms with Crippen molar-refractivity contribution in [1.82, 2.24) is 0 Å². The van der Waals surface area contributed by atoms with Gasteiger partial charge in [0, 0.05) is 0 Å². The van der Waals surface area contributed by atoms with Crippen molar-refractivity contribution in [2.45, 2.75) is 0 Å². The van der Waals surface area contributed by atoms with Crippen molar-refractivity contribution in [3.8, 4) is 0 Å². The first-order valence-corrected chi connectivity index (χ1v) is 10.7. The third-order valence-electron chi connectivity index (χ3n) is 5.37. The molecule has 40 heavy (non-hydrogen) atoms. The van der Waals surface area contributed by atoms with Crippen LogP contribution in [0.2, 0.25) is 0 Å². The van der Waals surface area contributed by atoms with Gasteiger partial charge in [-0.15, -0.1) is 67.9 Å². The van der Waals surface area contributed by atoms with Crippen molar-refractivity contribution in [2.75, 3.05) is 106 Å². The van der Waals surface area contributed by atoms with Gasteiger partial charge in [-0.3, -0.25) is 0 Å². The van der Waals surface area contributed by atoms with Gasteiger partial charge in [-0.1, -0.05) is 0 Å². The van der Waals surface area contributed by atoms with Crippen molar-refractivity contribution in [3.63, 3.8) is 0 Å². The Morgan fingerprint density at radius 2 is 0.225 bits per heavy atom. The van der Waals surface area contributed by atoms with Crippen LogP contribution >= 0.6 is 67.9 Å². The summed E-state index contributed by atoms with van der Waals surface area (Å²) in [7, 11) is 0. The van der Waals surface area contributed by atoms with Crippen LogP contribution in [-0.2, 0) is 0 Å². The van der Waals surface area contributed by atoms with Crippen LogP contribution in [-0.4, -0.2) is 187 Å². The molecule has 0 aliphatic carbocycles. The molecular formula is C20H52Br4O16. The molecule has 0 atom stereocenters. The summed E-state index contributed by atoms with van der Waals surface area (Å²) in [6.45, 7) is -6.50. The average Bonchev–Trinajstić information content (AvgIpc) is 2.96. The summed E-state index contributed by atoms with van der Waals surface area (Å²) in [4.78, 5) is 0. The number of hydrogen-bond donors (Lipinski definition) is 16. The maximum Gasteiger partial charge on any atom is 0.0627 e. The van der Waals surface area contributed by atoms with E-state index < -0.39 is 127 Å². The van der Waals surface area contributed by atoms with E-state index in [0.29, 0.717) is 0 Å². The van der Waals surface area contributed by atoms with Gasteiger partial charge in [0.2, 0.25) is 0 Å². The maximum atomic E-state index is 8.50. The second-order valence-electron chi connectivity index (χ2n) is 8.53. The minimum atomic E-state index is -1.11. The molecule has 0 aliphatic heterocycles. The molecule has 0 amide bonds. The topological polar surface area (TPSA) is 324 Å². The maximum absolute atomic E-state index is 8.50. The average molecular weight is 868 g/mol. The summed E-state index contributed by atoms with van der Waals surface area (Å²) in [5.74, 6) is 0. The molecule has 0 aromatic carbocycles. The van der Waals surface area contributed by atoms with Crippen LogP contribution in [0.5, 0.6) is 0 Å². The standard InChI is InChI=1S/4C5H12O4.4BrH/c4*6-1-5(2-7,3-8)4-9;;;;/h4*6-9H,1-4H2;4*1H. The van der Waals surface area contributed by atoms with E-state index in [1.54, 1.807) is 0 Å². The lowest BCUT2D eigenvalue weighted by Gasteiger charge is -2.23. The second kappa shape index (κ2) is 36.5. The van der Waals surface area contributed by atoms with Crippen LogP contribution in [0.15, 0.2) is 0 Å². The molecule has 20 heteroatoms. The molecule has 16 N–H and O–H groups in total. The van der Waals surface area contributed by atoms with Crippen LogP contribution in [0.4, 0.5) is 0 Å². The highest BCUT2D eigenvalue weighted by atomic mass is 79.9. The fourth-order valence-corrected chi connectivity index (χ4v) is 1.20. The summed E-state index contributed by atoms with van der Waals surface area (Å²) < 4.78 is 0. The largest absolute Gasteiger partial charge is 0.396 e. The Morgan fingerprint density at radius 1 is 0.175 bits per heavy atom. The van der Waals surface area contributed by atoms with Gasteiger partial charge < -0.3 is 81.7 Å². The number of hydrogen-bond acceptors (Lipinski definition) is 16. The molecule has 0 fully saturated rings. The number of aliphatic hydroxyl groups excluding tert-OH is 16. The Hall–Kier alpha value is 1.28. The molecule has 256 valence electrons. The molecule has 0 bridgehead atoms. The van der Waals surface area contributed by atoms with Crippen molar-refractivity contribution in [3.05, 3.63) is 0 Å². The van der Waals surface area contributed by atoms with Crippen LogP contribution in [0.25, 0.3) is 0 Å².